The first-order valence-electron chi connectivity index (χ1n) is 8.68. The molecule has 0 spiro atoms. The van der Waals surface area contributed by atoms with Crippen LogP contribution in [0.4, 0.5) is 5.69 Å². The van der Waals surface area contributed by atoms with E-state index in [9.17, 15) is 0 Å². The van der Waals surface area contributed by atoms with Gasteiger partial charge in [0.05, 0.1) is 6.10 Å². The van der Waals surface area contributed by atoms with Crippen LogP contribution >= 0.6 is 0 Å². The number of hydrogen-bond donors (Lipinski definition) is 2. The van der Waals surface area contributed by atoms with Crippen LogP contribution in [0.15, 0.2) is 29.3 Å². The van der Waals surface area contributed by atoms with E-state index in [1.54, 1.807) is 0 Å². The quantitative estimate of drug-likeness (QED) is 0.626. The smallest absolute Gasteiger partial charge is 0.193 e. The van der Waals surface area contributed by atoms with Crippen molar-refractivity contribution in [2.75, 3.05) is 25.0 Å². The van der Waals surface area contributed by atoms with E-state index in [4.69, 9.17) is 10.5 Å². The number of guanidine groups is 1. The summed E-state index contributed by atoms with van der Waals surface area (Å²) in [5.74, 6) is 2.01. The molecule has 23 heavy (non-hydrogen) atoms. The summed E-state index contributed by atoms with van der Waals surface area (Å²) in [7, 11) is 0. The summed E-state index contributed by atoms with van der Waals surface area (Å²) in [5, 5.41) is 3.15. The standard InChI is InChI=1S/C18H28N4O/c1-13(2)23-17-7-3-15(4-8-17)21-18(19)20-11-14-9-10-22(12-14)16-5-6-16/h3-4,7-8,13-14,16H,5-6,9-12H2,1-2H3,(H3,19,20,21). The zero-order chi connectivity index (χ0) is 16.2. The van der Waals surface area contributed by atoms with Crippen molar-refractivity contribution in [3.8, 4) is 5.75 Å². The van der Waals surface area contributed by atoms with Gasteiger partial charge in [-0.3, -0.25) is 4.99 Å². The Hall–Kier alpha value is -1.75. The molecular weight excluding hydrogens is 288 g/mol. The number of rotatable bonds is 6. The van der Waals surface area contributed by atoms with Crippen molar-refractivity contribution in [1.82, 2.24) is 4.90 Å². The lowest BCUT2D eigenvalue weighted by atomic mass is 10.1. The zero-order valence-electron chi connectivity index (χ0n) is 14.2. The molecular formula is C18H28N4O. The number of aliphatic imine (C=N–C) groups is 1. The van der Waals surface area contributed by atoms with Gasteiger partial charge in [0.15, 0.2) is 5.96 Å². The second-order valence-electron chi connectivity index (χ2n) is 6.92. The molecule has 126 valence electrons. The summed E-state index contributed by atoms with van der Waals surface area (Å²) in [4.78, 5) is 7.12. The van der Waals surface area contributed by atoms with E-state index in [0.29, 0.717) is 11.9 Å². The van der Waals surface area contributed by atoms with Crippen molar-refractivity contribution >= 4 is 11.6 Å². The summed E-state index contributed by atoms with van der Waals surface area (Å²) in [6.07, 6.45) is 4.20. The second-order valence-corrected chi connectivity index (χ2v) is 6.92. The number of hydrogen-bond acceptors (Lipinski definition) is 3. The number of likely N-dealkylation sites (tertiary alicyclic amines) is 1. The van der Waals surface area contributed by atoms with Crippen LogP contribution in [0.5, 0.6) is 5.75 Å². The minimum atomic E-state index is 0.182. The minimum Gasteiger partial charge on any atom is -0.491 e. The highest BCUT2D eigenvalue weighted by molar-refractivity contribution is 5.92. The summed E-state index contributed by atoms with van der Waals surface area (Å²) >= 11 is 0. The van der Waals surface area contributed by atoms with E-state index in [2.05, 4.69) is 15.2 Å². The van der Waals surface area contributed by atoms with Gasteiger partial charge in [-0.05, 0) is 69.8 Å². The Kier molecular flexibility index (Phi) is 5.06. The molecule has 0 amide bonds. The first-order chi connectivity index (χ1) is 11.1. The fourth-order valence-corrected chi connectivity index (χ4v) is 3.09. The molecule has 1 heterocycles. The molecule has 2 fully saturated rings. The van der Waals surface area contributed by atoms with Gasteiger partial charge in [0.2, 0.25) is 0 Å². The Morgan fingerprint density at radius 1 is 1.30 bits per heavy atom. The topological polar surface area (TPSA) is 62.9 Å². The number of nitrogens with zero attached hydrogens (tertiary/aromatic N) is 2. The number of benzene rings is 1. The predicted octanol–water partition coefficient (Wildman–Crippen LogP) is 2.68. The van der Waals surface area contributed by atoms with Crippen molar-refractivity contribution in [2.24, 2.45) is 16.6 Å². The third kappa shape index (κ3) is 4.86. The molecule has 1 aromatic carbocycles. The van der Waals surface area contributed by atoms with Crippen molar-refractivity contribution in [2.45, 2.75) is 45.3 Å². The fraction of sp³-hybridized carbons (Fsp3) is 0.611. The van der Waals surface area contributed by atoms with Crippen LogP contribution in [0.2, 0.25) is 0 Å². The van der Waals surface area contributed by atoms with Crippen LogP contribution in [0.1, 0.15) is 33.1 Å². The molecule has 1 saturated carbocycles. The summed E-state index contributed by atoms with van der Waals surface area (Å²) in [6.45, 7) is 7.27. The van der Waals surface area contributed by atoms with Crippen molar-refractivity contribution < 1.29 is 4.74 Å². The molecule has 2 aliphatic rings. The maximum atomic E-state index is 6.00. The molecule has 1 aliphatic heterocycles. The Morgan fingerprint density at radius 2 is 2.04 bits per heavy atom. The molecule has 1 aromatic rings. The molecule has 0 bridgehead atoms. The Balaban J connectivity index is 1.45. The highest BCUT2D eigenvalue weighted by Crippen LogP contribution is 2.31. The third-order valence-electron chi connectivity index (χ3n) is 4.40. The lowest BCUT2D eigenvalue weighted by Crippen LogP contribution is -2.25. The van der Waals surface area contributed by atoms with Gasteiger partial charge >= 0.3 is 0 Å². The normalized spacial score (nSPS) is 22.6. The molecule has 0 radical (unpaired) electrons. The van der Waals surface area contributed by atoms with Crippen LogP contribution in [-0.2, 0) is 0 Å². The van der Waals surface area contributed by atoms with E-state index in [0.717, 1.165) is 24.0 Å². The van der Waals surface area contributed by atoms with Crippen LogP contribution < -0.4 is 15.8 Å². The molecule has 1 aliphatic carbocycles. The van der Waals surface area contributed by atoms with Crippen molar-refractivity contribution in [3.63, 3.8) is 0 Å². The van der Waals surface area contributed by atoms with Crippen molar-refractivity contribution in [1.29, 1.82) is 0 Å². The van der Waals surface area contributed by atoms with E-state index in [-0.39, 0.29) is 6.10 Å². The average molecular weight is 316 g/mol. The molecule has 3 N–H and O–H groups in total. The number of nitrogens with one attached hydrogen (secondary N) is 1. The molecule has 5 nitrogen and oxygen atoms in total. The molecule has 1 unspecified atom stereocenters. The van der Waals surface area contributed by atoms with Crippen LogP contribution in [0.3, 0.4) is 0 Å². The number of anilines is 1. The number of nitrogens with two attached hydrogens (primary N) is 1. The molecule has 1 saturated heterocycles. The lowest BCUT2D eigenvalue weighted by Gasteiger charge is -2.14. The first kappa shape index (κ1) is 16.1. The SMILES string of the molecule is CC(C)Oc1ccc(NC(N)=NCC2CCN(C3CC3)C2)cc1. The summed E-state index contributed by atoms with van der Waals surface area (Å²) in [5.41, 5.74) is 6.94. The van der Waals surface area contributed by atoms with Crippen LogP contribution in [0.25, 0.3) is 0 Å². The van der Waals surface area contributed by atoms with Gasteiger partial charge < -0.3 is 20.7 Å². The monoisotopic (exact) mass is 316 g/mol. The molecule has 1 atom stereocenters. The maximum Gasteiger partial charge on any atom is 0.193 e. The first-order valence-corrected chi connectivity index (χ1v) is 8.68. The third-order valence-corrected chi connectivity index (χ3v) is 4.40. The Labute approximate surface area is 138 Å². The molecule has 3 rings (SSSR count). The van der Waals surface area contributed by atoms with E-state index < -0.39 is 0 Å². The minimum absolute atomic E-state index is 0.182. The summed E-state index contributed by atoms with van der Waals surface area (Å²) < 4.78 is 5.63. The lowest BCUT2D eigenvalue weighted by molar-refractivity contribution is 0.242. The Bertz CT molecular complexity index is 536. The van der Waals surface area contributed by atoms with Gasteiger partial charge in [-0.1, -0.05) is 0 Å². The van der Waals surface area contributed by atoms with Gasteiger partial charge in [0.25, 0.3) is 0 Å². The van der Waals surface area contributed by atoms with Gasteiger partial charge in [0, 0.05) is 24.8 Å². The van der Waals surface area contributed by atoms with Crippen LogP contribution in [-0.4, -0.2) is 42.6 Å². The van der Waals surface area contributed by atoms with Gasteiger partial charge in [0.1, 0.15) is 5.75 Å². The Morgan fingerprint density at radius 3 is 2.70 bits per heavy atom. The van der Waals surface area contributed by atoms with Gasteiger partial charge in [-0.15, -0.1) is 0 Å². The molecule has 5 heteroatoms. The second kappa shape index (κ2) is 7.21. The summed E-state index contributed by atoms with van der Waals surface area (Å²) in [6, 6.07) is 8.68. The zero-order valence-corrected chi connectivity index (χ0v) is 14.2. The fourth-order valence-electron chi connectivity index (χ4n) is 3.09. The number of ether oxygens (including phenoxy) is 1. The molecule has 0 aromatic heterocycles. The highest BCUT2D eigenvalue weighted by Gasteiger charge is 2.34. The van der Waals surface area contributed by atoms with Crippen molar-refractivity contribution in [3.05, 3.63) is 24.3 Å². The van der Waals surface area contributed by atoms with Gasteiger partial charge in [-0.25, -0.2) is 0 Å². The average Bonchev–Trinajstić information content (AvgIpc) is 3.26. The predicted molar refractivity (Wildman–Crippen MR) is 95.0 cm³/mol. The van der Waals surface area contributed by atoms with E-state index >= 15 is 0 Å². The highest BCUT2D eigenvalue weighted by atomic mass is 16.5. The van der Waals surface area contributed by atoms with Crippen LogP contribution in [0, 0.1) is 5.92 Å². The van der Waals surface area contributed by atoms with E-state index in [1.165, 1.54) is 32.4 Å². The largest absolute Gasteiger partial charge is 0.491 e. The maximum absolute atomic E-state index is 6.00. The van der Waals surface area contributed by atoms with Gasteiger partial charge in [-0.2, -0.15) is 0 Å². The van der Waals surface area contributed by atoms with E-state index in [1.807, 2.05) is 38.1 Å².